The average Bonchev–Trinajstić information content (AvgIpc) is 2.62. The van der Waals surface area contributed by atoms with E-state index in [0.717, 1.165) is 6.07 Å². The molecular formula is C20H20ClFN2O5. The van der Waals surface area contributed by atoms with Crippen LogP contribution in [0.4, 0.5) is 15.8 Å². The molecule has 9 heteroatoms. The van der Waals surface area contributed by atoms with Gasteiger partial charge in [-0.1, -0.05) is 17.7 Å². The molecule has 0 spiro atoms. The fraction of sp³-hybridized carbons (Fsp3) is 0.300. The summed E-state index contributed by atoms with van der Waals surface area (Å²) in [6.07, 6.45) is -2.55. The van der Waals surface area contributed by atoms with Crippen molar-refractivity contribution in [2.75, 3.05) is 5.32 Å². The lowest BCUT2D eigenvalue weighted by Gasteiger charge is -2.19. The van der Waals surface area contributed by atoms with Crippen molar-refractivity contribution in [3.8, 4) is 0 Å². The summed E-state index contributed by atoms with van der Waals surface area (Å²) in [7, 11) is 0. The highest BCUT2D eigenvalue weighted by atomic mass is 35.5. The Morgan fingerprint density at radius 1 is 1.21 bits per heavy atom. The monoisotopic (exact) mass is 422 g/mol. The summed E-state index contributed by atoms with van der Waals surface area (Å²) in [4.78, 5) is 34.8. The second-order valence-corrected chi connectivity index (χ2v) is 7.71. The third-order valence-corrected chi connectivity index (χ3v) is 3.96. The summed E-state index contributed by atoms with van der Waals surface area (Å²) in [6.45, 7) is 5.00. The Kier molecular flexibility index (Phi) is 6.92. The van der Waals surface area contributed by atoms with E-state index in [-0.39, 0.29) is 11.1 Å². The topological polar surface area (TPSA) is 98.5 Å². The van der Waals surface area contributed by atoms with Gasteiger partial charge in [0.05, 0.1) is 10.5 Å². The summed E-state index contributed by atoms with van der Waals surface area (Å²) in [5.41, 5.74) is -0.932. The predicted molar refractivity (Wildman–Crippen MR) is 107 cm³/mol. The van der Waals surface area contributed by atoms with Crippen LogP contribution in [0.15, 0.2) is 42.5 Å². The molecule has 1 amide bonds. The van der Waals surface area contributed by atoms with Crippen LogP contribution in [0.1, 0.15) is 36.7 Å². The van der Waals surface area contributed by atoms with Gasteiger partial charge in [0.25, 0.3) is 11.6 Å². The molecule has 0 aliphatic rings. The van der Waals surface area contributed by atoms with E-state index >= 15 is 0 Å². The van der Waals surface area contributed by atoms with Crippen LogP contribution in [-0.2, 0) is 16.0 Å². The molecule has 1 atom stereocenters. The molecule has 0 fully saturated rings. The lowest BCUT2D eigenvalue weighted by atomic mass is 10.0. The molecule has 154 valence electrons. The number of carbonyl (C=O) groups is 2. The Morgan fingerprint density at radius 2 is 1.83 bits per heavy atom. The first-order chi connectivity index (χ1) is 13.5. The molecule has 0 heterocycles. The molecule has 2 aromatic rings. The highest BCUT2D eigenvalue weighted by Crippen LogP contribution is 2.24. The van der Waals surface area contributed by atoms with Crippen molar-refractivity contribution in [1.29, 1.82) is 0 Å². The van der Waals surface area contributed by atoms with Crippen LogP contribution >= 0.6 is 11.6 Å². The van der Waals surface area contributed by atoms with E-state index in [2.05, 4.69) is 5.32 Å². The molecule has 0 aromatic heterocycles. The number of halogens is 2. The lowest BCUT2D eigenvalue weighted by Crippen LogP contribution is -2.26. The smallest absolute Gasteiger partial charge is 0.338 e. The number of carbonyl (C=O) groups excluding carboxylic acids is 2. The van der Waals surface area contributed by atoms with E-state index in [0.29, 0.717) is 10.7 Å². The molecular weight excluding hydrogens is 403 g/mol. The number of ether oxygens (including phenoxy) is 1. The zero-order chi connectivity index (χ0) is 21.8. The summed E-state index contributed by atoms with van der Waals surface area (Å²) in [5, 5.41) is 14.2. The number of hydrogen-bond acceptors (Lipinski definition) is 5. The van der Waals surface area contributed by atoms with Gasteiger partial charge >= 0.3 is 5.97 Å². The van der Waals surface area contributed by atoms with Gasteiger partial charge in [-0.2, -0.15) is 0 Å². The van der Waals surface area contributed by atoms with Crippen LogP contribution in [-0.4, -0.2) is 28.6 Å². The normalized spacial score (nSPS) is 12.2. The first kappa shape index (κ1) is 22.3. The van der Waals surface area contributed by atoms with Gasteiger partial charge in [0.1, 0.15) is 5.60 Å². The molecule has 0 bridgehead atoms. The third kappa shape index (κ3) is 6.53. The van der Waals surface area contributed by atoms with Crippen molar-refractivity contribution in [2.24, 2.45) is 0 Å². The molecule has 29 heavy (non-hydrogen) atoms. The number of nitro groups is 1. The fourth-order valence-electron chi connectivity index (χ4n) is 2.41. The van der Waals surface area contributed by atoms with E-state index in [1.54, 1.807) is 20.8 Å². The van der Waals surface area contributed by atoms with E-state index < -0.39 is 40.7 Å². The van der Waals surface area contributed by atoms with Crippen molar-refractivity contribution in [3.63, 3.8) is 0 Å². The highest BCUT2D eigenvalue weighted by molar-refractivity contribution is 6.30. The first-order valence-electron chi connectivity index (χ1n) is 8.67. The van der Waals surface area contributed by atoms with Gasteiger partial charge in [0.2, 0.25) is 0 Å². The lowest BCUT2D eigenvalue weighted by molar-refractivity contribution is -0.385. The summed E-state index contributed by atoms with van der Waals surface area (Å²) < 4.78 is 19.6. The maximum atomic E-state index is 14.4. The summed E-state index contributed by atoms with van der Waals surface area (Å²) in [5.74, 6) is -1.68. The number of amides is 1. The van der Waals surface area contributed by atoms with Crippen LogP contribution in [0, 0.1) is 10.1 Å². The number of hydrogen-bond donors (Lipinski definition) is 1. The van der Waals surface area contributed by atoms with Crippen LogP contribution in [0.5, 0.6) is 0 Å². The van der Waals surface area contributed by atoms with Gasteiger partial charge in [-0.15, -0.1) is 0 Å². The van der Waals surface area contributed by atoms with Crippen molar-refractivity contribution < 1.29 is 23.6 Å². The molecule has 0 saturated carbocycles. The van der Waals surface area contributed by atoms with E-state index in [1.165, 1.54) is 36.4 Å². The second kappa shape index (κ2) is 9.00. The molecule has 1 unspecified atom stereocenters. The molecule has 0 aliphatic heterocycles. The number of nitrogens with one attached hydrogen (secondary N) is 1. The van der Waals surface area contributed by atoms with Gasteiger partial charge in [-0.3, -0.25) is 14.9 Å². The maximum Gasteiger partial charge on any atom is 0.338 e. The number of esters is 1. The minimum atomic E-state index is -2.03. The zero-order valence-corrected chi connectivity index (χ0v) is 16.8. The summed E-state index contributed by atoms with van der Waals surface area (Å²) in [6, 6.07) is 9.65. The van der Waals surface area contributed by atoms with E-state index in [4.69, 9.17) is 16.3 Å². The molecule has 7 nitrogen and oxygen atoms in total. The Morgan fingerprint density at radius 3 is 2.38 bits per heavy atom. The number of anilines is 1. The van der Waals surface area contributed by atoms with Crippen molar-refractivity contribution in [1.82, 2.24) is 0 Å². The molecule has 2 rings (SSSR count). The molecule has 0 aliphatic carbocycles. The number of benzene rings is 2. The number of nitrogens with zero attached hydrogens (tertiary/aromatic N) is 1. The van der Waals surface area contributed by atoms with Gasteiger partial charge in [-0.05, 0) is 51.1 Å². The number of alkyl halides is 1. The third-order valence-electron chi connectivity index (χ3n) is 3.71. The fourth-order valence-corrected chi connectivity index (χ4v) is 2.54. The van der Waals surface area contributed by atoms with Crippen LogP contribution in [0.2, 0.25) is 5.02 Å². The van der Waals surface area contributed by atoms with Crippen LogP contribution in [0.3, 0.4) is 0 Å². The maximum absolute atomic E-state index is 14.4. The van der Waals surface area contributed by atoms with Gasteiger partial charge in [0.15, 0.2) is 6.17 Å². The van der Waals surface area contributed by atoms with Crippen molar-refractivity contribution >= 4 is 34.9 Å². The minimum Gasteiger partial charge on any atom is -0.456 e. The van der Waals surface area contributed by atoms with E-state index in [9.17, 15) is 24.1 Å². The quantitative estimate of drug-likeness (QED) is 0.412. The Labute approximate surface area is 172 Å². The molecule has 0 saturated heterocycles. The largest absolute Gasteiger partial charge is 0.456 e. The van der Waals surface area contributed by atoms with Gasteiger partial charge < -0.3 is 10.1 Å². The Hall–Kier alpha value is -3.00. The molecule has 2 aromatic carbocycles. The number of nitro benzene ring substituents is 1. The van der Waals surface area contributed by atoms with Crippen LogP contribution < -0.4 is 5.32 Å². The molecule has 1 N–H and O–H groups in total. The van der Waals surface area contributed by atoms with Crippen molar-refractivity contribution in [2.45, 2.75) is 39.0 Å². The SMILES string of the molecule is CC(C)(C)OC(=O)c1ccc(CC(F)C(=O)Nc2ccc(Cl)cc2)c([N+](=O)[O-])c1. The highest BCUT2D eigenvalue weighted by Gasteiger charge is 2.26. The zero-order valence-electron chi connectivity index (χ0n) is 16.1. The Balaban J connectivity index is 2.16. The van der Waals surface area contributed by atoms with Crippen LogP contribution in [0.25, 0.3) is 0 Å². The average molecular weight is 423 g/mol. The van der Waals surface area contributed by atoms with Gasteiger partial charge in [0, 0.05) is 28.8 Å². The standard InChI is InChI=1S/C20H20ClFN2O5/c1-20(2,3)29-19(26)13-5-4-12(17(11-13)24(27)28)10-16(22)18(25)23-15-8-6-14(21)7-9-15/h4-9,11,16H,10H2,1-3H3,(H,23,25). The van der Waals surface area contributed by atoms with E-state index in [1.807, 2.05) is 0 Å². The number of rotatable bonds is 6. The minimum absolute atomic E-state index is 0.0129. The predicted octanol–water partition coefficient (Wildman–Crippen LogP) is 4.72. The Bertz CT molecular complexity index is 925. The first-order valence-corrected chi connectivity index (χ1v) is 9.05. The molecule has 0 radical (unpaired) electrons. The van der Waals surface area contributed by atoms with Crippen molar-refractivity contribution in [3.05, 3.63) is 68.7 Å². The second-order valence-electron chi connectivity index (χ2n) is 7.27. The van der Waals surface area contributed by atoms with Gasteiger partial charge in [-0.25, -0.2) is 9.18 Å². The summed E-state index contributed by atoms with van der Waals surface area (Å²) >= 11 is 5.75.